The van der Waals surface area contributed by atoms with E-state index in [4.69, 9.17) is 4.74 Å². The standard InChI is InChI=1S/C14H16N2O4/c17-12(16-14(13(18)19)6-3-7-14)11-8-15-9-4-1-2-5-10(9)20-11/h1-2,4-5,11,15H,3,6-8H2,(H,16,17)(H,18,19). The predicted molar refractivity (Wildman–Crippen MR) is 71.7 cm³/mol. The molecule has 2 aliphatic rings. The molecule has 106 valence electrons. The van der Waals surface area contributed by atoms with Crippen LogP contribution in [0.1, 0.15) is 19.3 Å². The van der Waals surface area contributed by atoms with Crippen molar-refractivity contribution >= 4 is 17.6 Å². The molecule has 1 fully saturated rings. The molecule has 6 nitrogen and oxygen atoms in total. The fourth-order valence-electron chi connectivity index (χ4n) is 2.50. The Labute approximate surface area is 116 Å². The van der Waals surface area contributed by atoms with Gasteiger partial charge in [0, 0.05) is 0 Å². The molecule has 1 aliphatic heterocycles. The third-order valence-corrected chi connectivity index (χ3v) is 3.91. The smallest absolute Gasteiger partial charge is 0.329 e. The summed E-state index contributed by atoms with van der Waals surface area (Å²) in [6.45, 7) is 0.332. The van der Waals surface area contributed by atoms with Crippen LogP contribution in [0, 0.1) is 0 Å². The normalized spacial score (nSPS) is 22.5. The van der Waals surface area contributed by atoms with Crippen LogP contribution in [0.3, 0.4) is 0 Å². The summed E-state index contributed by atoms with van der Waals surface area (Å²) in [5, 5.41) is 15.0. The van der Waals surface area contributed by atoms with Gasteiger partial charge >= 0.3 is 5.97 Å². The van der Waals surface area contributed by atoms with Crippen LogP contribution >= 0.6 is 0 Å². The first-order chi connectivity index (χ1) is 9.61. The molecule has 6 heteroatoms. The molecule has 3 N–H and O–H groups in total. The first kappa shape index (κ1) is 12.8. The minimum atomic E-state index is -1.10. The van der Waals surface area contributed by atoms with E-state index in [2.05, 4.69) is 10.6 Å². The lowest BCUT2D eigenvalue weighted by Crippen LogP contribution is -2.62. The molecule has 1 heterocycles. The number of hydrogen-bond acceptors (Lipinski definition) is 4. The second-order valence-electron chi connectivity index (χ2n) is 5.21. The molecule has 1 aromatic carbocycles. The summed E-state index contributed by atoms with van der Waals surface area (Å²) in [7, 11) is 0. The van der Waals surface area contributed by atoms with Gasteiger partial charge in [0.2, 0.25) is 0 Å². The lowest BCUT2D eigenvalue weighted by atomic mass is 9.76. The molecule has 0 radical (unpaired) electrons. The molecule has 20 heavy (non-hydrogen) atoms. The van der Waals surface area contributed by atoms with Crippen LogP contribution in [0.4, 0.5) is 5.69 Å². The number of carboxylic acid groups (broad SMARTS) is 1. The van der Waals surface area contributed by atoms with Gasteiger partial charge < -0.3 is 20.5 Å². The first-order valence-corrected chi connectivity index (χ1v) is 6.66. The SMILES string of the molecule is O=C(NC1(C(=O)O)CCC1)C1CNc2ccccc2O1. The Morgan fingerprint density at radius 1 is 1.35 bits per heavy atom. The van der Waals surface area contributed by atoms with Gasteiger partial charge in [0.15, 0.2) is 6.10 Å². The summed E-state index contributed by atoms with van der Waals surface area (Å²) < 4.78 is 5.62. The van der Waals surface area contributed by atoms with E-state index in [1.807, 2.05) is 18.2 Å². The van der Waals surface area contributed by atoms with E-state index in [0.29, 0.717) is 25.1 Å². The minimum absolute atomic E-state index is 0.332. The van der Waals surface area contributed by atoms with E-state index in [1.54, 1.807) is 6.07 Å². The molecular formula is C14H16N2O4. The zero-order valence-electron chi connectivity index (χ0n) is 10.9. The van der Waals surface area contributed by atoms with Crippen LogP contribution in [0.2, 0.25) is 0 Å². The number of ether oxygens (including phenoxy) is 1. The Bertz CT molecular complexity index is 554. The maximum Gasteiger partial charge on any atom is 0.329 e. The van der Waals surface area contributed by atoms with E-state index in [-0.39, 0.29) is 5.91 Å². The van der Waals surface area contributed by atoms with Gasteiger partial charge in [-0.15, -0.1) is 0 Å². The molecule has 1 unspecified atom stereocenters. The quantitative estimate of drug-likeness (QED) is 0.766. The van der Waals surface area contributed by atoms with Gasteiger partial charge in [0.1, 0.15) is 11.3 Å². The fourth-order valence-corrected chi connectivity index (χ4v) is 2.50. The molecule has 0 spiro atoms. The van der Waals surface area contributed by atoms with Crippen LogP contribution in [-0.2, 0) is 9.59 Å². The van der Waals surface area contributed by atoms with Crippen molar-refractivity contribution in [2.45, 2.75) is 30.9 Å². The lowest BCUT2D eigenvalue weighted by Gasteiger charge is -2.39. The molecule has 1 saturated carbocycles. The number of anilines is 1. The van der Waals surface area contributed by atoms with E-state index >= 15 is 0 Å². The average molecular weight is 276 g/mol. The topological polar surface area (TPSA) is 87.7 Å². The lowest BCUT2D eigenvalue weighted by molar-refractivity contribution is -0.153. The monoisotopic (exact) mass is 276 g/mol. The average Bonchev–Trinajstić information content (AvgIpc) is 2.41. The second kappa shape index (κ2) is 4.70. The number of carboxylic acids is 1. The predicted octanol–water partition coefficient (Wildman–Crippen LogP) is 0.983. The van der Waals surface area contributed by atoms with E-state index in [0.717, 1.165) is 12.1 Å². The van der Waals surface area contributed by atoms with Crippen molar-refractivity contribution < 1.29 is 19.4 Å². The highest BCUT2D eigenvalue weighted by Gasteiger charge is 2.47. The first-order valence-electron chi connectivity index (χ1n) is 6.66. The molecule has 1 aromatic rings. The largest absolute Gasteiger partial charge is 0.480 e. The van der Waals surface area contributed by atoms with Gasteiger partial charge in [-0.1, -0.05) is 12.1 Å². The summed E-state index contributed by atoms with van der Waals surface area (Å²) in [5.74, 6) is -0.743. The summed E-state index contributed by atoms with van der Waals surface area (Å²) in [6, 6.07) is 7.35. The fraction of sp³-hybridized carbons (Fsp3) is 0.429. The van der Waals surface area contributed by atoms with E-state index < -0.39 is 17.6 Å². The number of aliphatic carboxylic acids is 1. The van der Waals surface area contributed by atoms with Crippen LogP contribution in [0.25, 0.3) is 0 Å². The molecule has 3 rings (SSSR count). The van der Waals surface area contributed by atoms with Gasteiger partial charge in [-0.05, 0) is 31.4 Å². The van der Waals surface area contributed by atoms with Crippen molar-refractivity contribution in [2.75, 3.05) is 11.9 Å². The number of carbonyl (C=O) groups is 2. The summed E-state index contributed by atoms with van der Waals surface area (Å²) in [5.41, 5.74) is -0.259. The van der Waals surface area contributed by atoms with Gasteiger partial charge in [-0.25, -0.2) is 4.79 Å². The van der Waals surface area contributed by atoms with Crippen LogP contribution in [0.5, 0.6) is 5.75 Å². The summed E-state index contributed by atoms with van der Waals surface area (Å²) in [4.78, 5) is 23.4. The summed E-state index contributed by atoms with van der Waals surface area (Å²) >= 11 is 0. The van der Waals surface area contributed by atoms with E-state index in [1.165, 1.54) is 0 Å². The Hall–Kier alpha value is -2.24. The molecule has 0 saturated heterocycles. The van der Waals surface area contributed by atoms with Crippen molar-refractivity contribution in [1.82, 2.24) is 5.32 Å². The molecule has 1 aliphatic carbocycles. The zero-order valence-corrected chi connectivity index (χ0v) is 10.9. The number of benzene rings is 1. The Kier molecular flexibility index (Phi) is 3.00. The van der Waals surface area contributed by atoms with Crippen molar-refractivity contribution in [3.8, 4) is 5.75 Å². The van der Waals surface area contributed by atoms with Gasteiger partial charge in [-0.3, -0.25) is 4.79 Å². The highest BCUT2D eigenvalue weighted by atomic mass is 16.5. The number of hydrogen-bond donors (Lipinski definition) is 3. The minimum Gasteiger partial charge on any atom is -0.480 e. The van der Waals surface area contributed by atoms with Crippen LogP contribution in [0.15, 0.2) is 24.3 Å². The van der Waals surface area contributed by atoms with Crippen molar-refractivity contribution in [3.05, 3.63) is 24.3 Å². The van der Waals surface area contributed by atoms with Crippen molar-refractivity contribution in [1.29, 1.82) is 0 Å². The third-order valence-electron chi connectivity index (χ3n) is 3.91. The number of amides is 1. The number of nitrogens with one attached hydrogen (secondary N) is 2. The maximum absolute atomic E-state index is 12.2. The molecule has 0 bridgehead atoms. The zero-order chi connectivity index (χ0) is 14.2. The number of rotatable bonds is 3. The van der Waals surface area contributed by atoms with Gasteiger partial charge in [0.05, 0.1) is 12.2 Å². The number of carbonyl (C=O) groups excluding carboxylic acids is 1. The Morgan fingerprint density at radius 3 is 2.75 bits per heavy atom. The number of para-hydroxylation sites is 2. The highest BCUT2D eigenvalue weighted by Crippen LogP contribution is 2.33. The molecule has 1 amide bonds. The number of fused-ring (bicyclic) bond motifs is 1. The second-order valence-corrected chi connectivity index (χ2v) is 5.21. The Balaban J connectivity index is 1.69. The van der Waals surface area contributed by atoms with E-state index in [9.17, 15) is 14.7 Å². The molecule has 1 atom stereocenters. The van der Waals surface area contributed by atoms with Crippen molar-refractivity contribution in [3.63, 3.8) is 0 Å². The van der Waals surface area contributed by atoms with Gasteiger partial charge in [-0.2, -0.15) is 0 Å². The Morgan fingerprint density at radius 2 is 2.10 bits per heavy atom. The third kappa shape index (κ3) is 2.07. The van der Waals surface area contributed by atoms with Crippen molar-refractivity contribution in [2.24, 2.45) is 0 Å². The molecular weight excluding hydrogens is 260 g/mol. The maximum atomic E-state index is 12.2. The van der Waals surface area contributed by atoms with Crippen LogP contribution < -0.4 is 15.4 Å². The summed E-state index contributed by atoms with van der Waals surface area (Å²) in [6.07, 6.45) is 1.07. The molecule has 0 aromatic heterocycles. The highest BCUT2D eigenvalue weighted by molar-refractivity contribution is 5.90. The van der Waals surface area contributed by atoms with Crippen LogP contribution in [-0.4, -0.2) is 35.2 Å². The van der Waals surface area contributed by atoms with Gasteiger partial charge in [0.25, 0.3) is 5.91 Å².